The number of aliphatic hydroxyl groups is 1. The van der Waals surface area contributed by atoms with Gasteiger partial charge < -0.3 is 15.0 Å². The van der Waals surface area contributed by atoms with E-state index in [1.807, 2.05) is 36.4 Å². The first-order valence-electron chi connectivity index (χ1n) is 8.83. The molecule has 0 amide bonds. The molecule has 2 aromatic carbocycles. The second-order valence-electron chi connectivity index (χ2n) is 6.79. The number of para-hydroxylation sites is 2. The highest BCUT2D eigenvalue weighted by molar-refractivity contribution is 6.30. The lowest BCUT2D eigenvalue weighted by atomic mass is 9.93. The molecule has 25 heavy (non-hydrogen) atoms. The summed E-state index contributed by atoms with van der Waals surface area (Å²) >= 11 is 6.15. The first kappa shape index (κ1) is 16.4. The number of aliphatic hydroxyl groups excluding tert-OH is 1. The molecule has 1 heterocycles. The van der Waals surface area contributed by atoms with Crippen LogP contribution < -0.4 is 5.32 Å². The Balaban J connectivity index is 1.66. The zero-order chi connectivity index (χ0) is 17.2. The average molecular weight is 356 g/mol. The molecule has 0 aliphatic heterocycles. The number of hydrogen-bond acceptors (Lipinski definition) is 3. The molecular weight excluding hydrogens is 334 g/mol. The van der Waals surface area contributed by atoms with Crippen LogP contribution in [0.3, 0.4) is 0 Å². The van der Waals surface area contributed by atoms with Crippen LogP contribution in [0.5, 0.6) is 0 Å². The highest BCUT2D eigenvalue weighted by Crippen LogP contribution is 2.26. The lowest BCUT2D eigenvalue weighted by Gasteiger charge is -2.26. The van der Waals surface area contributed by atoms with Crippen molar-refractivity contribution in [2.75, 3.05) is 5.32 Å². The fourth-order valence-electron chi connectivity index (χ4n) is 3.57. The van der Waals surface area contributed by atoms with Gasteiger partial charge in [0.05, 0.1) is 23.7 Å². The number of imidazole rings is 1. The standard InChI is InChI=1S/C20H22ClN3O/c21-15-5-3-4-14(12-15)13-24-19-7-2-1-6-18(19)23-20(24)22-16-8-10-17(25)11-9-16/h1-7,12,16-17,25H,8-11,13H2,(H,22,23). The van der Waals surface area contributed by atoms with Crippen molar-refractivity contribution >= 4 is 28.6 Å². The second kappa shape index (κ2) is 7.06. The maximum Gasteiger partial charge on any atom is 0.204 e. The third-order valence-corrected chi connectivity index (χ3v) is 5.15. The predicted octanol–water partition coefficient (Wildman–Crippen LogP) is 4.45. The number of fused-ring (bicyclic) bond motifs is 1. The lowest BCUT2D eigenvalue weighted by molar-refractivity contribution is 0.126. The second-order valence-corrected chi connectivity index (χ2v) is 7.23. The van der Waals surface area contributed by atoms with E-state index in [-0.39, 0.29) is 6.10 Å². The summed E-state index contributed by atoms with van der Waals surface area (Å²) in [5.74, 6) is 0.891. The summed E-state index contributed by atoms with van der Waals surface area (Å²) in [6.07, 6.45) is 3.50. The first-order chi connectivity index (χ1) is 12.2. The topological polar surface area (TPSA) is 50.1 Å². The van der Waals surface area contributed by atoms with Crippen LogP contribution in [0.4, 0.5) is 5.95 Å². The first-order valence-corrected chi connectivity index (χ1v) is 9.21. The van der Waals surface area contributed by atoms with Crippen LogP contribution in [0, 0.1) is 0 Å². The molecular formula is C20H22ClN3O. The molecule has 130 valence electrons. The van der Waals surface area contributed by atoms with Gasteiger partial charge in [0, 0.05) is 11.1 Å². The number of nitrogens with zero attached hydrogens (tertiary/aromatic N) is 2. The Morgan fingerprint density at radius 3 is 2.68 bits per heavy atom. The van der Waals surface area contributed by atoms with Crippen molar-refractivity contribution < 1.29 is 5.11 Å². The summed E-state index contributed by atoms with van der Waals surface area (Å²) in [5, 5.41) is 14.1. The number of aromatic nitrogens is 2. The zero-order valence-corrected chi connectivity index (χ0v) is 14.8. The molecule has 0 saturated heterocycles. The summed E-state index contributed by atoms with van der Waals surface area (Å²) < 4.78 is 2.21. The molecule has 0 radical (unpaired) electrons. The number of anilines is 1. The van der Waals surface area contributed by atoms with E-state index in [4.69, 9.17) is 16.6 Å². The van der Waals surface area contributed by atoms with E-state index < -0.39 is 0 Å². The monoisotopic (exact) mass is 355 g/mol. The molecule has 1 aliphatic carbocycles. The number of hydrogen-bond donors (Lipinski definition) is 2. The minimum atomic E-state index is -0.150. The molecule has 1 aromatic heterocycles. The Bertz CT molecular complexity index is 868. The normalized spacial score (nSPS) is 20.7. The molecule has 5 heteroatoms. The highest BCUT2D eigenvalue weighted by atomic mass is 35.5. The summed E-state index contributed by atoms with van der Waals surface area (Å²) in [6, 6.07) is 16.5. The van der Waals surface area contributed by atoms with Crippen LogP contribution in [0.2, 0.25) is 5.02 Å². The van der Waals surface area contributed by atoms with Gasteiger partial charge in [-0.1, -0.05) is 35.9 Å². The van der Waals surface area contributed by atoms with Gasteiger partial charge in [0.15, 0.2) is 0 Å². The maximum atomic E-state index is 9.72. The maximum absolute atomic E-state index is 9.72. The Morgan fingerprint density at radius 1 is 1.08 bits per heavy atom. The van der Waals surface area contributed by atoms with Crippen molar-refractivity contribution in [3.63, 3.8) is 0 Å². The van der Waals surface area contributed by atoms with Crippen molar-refractivity contribution in [1.29, 1.82) is 0 Å². The van der Waals surface area contributed by atoms with Crippen molar-refractivity contribution in [2.24, 2.45) is 0 Å². The fourth-order valence-corrected chi connectivity index (χ4v) is 3.78. The van der Waals surface area contributed by atoms with Gasteiger partial charge in [0.2, 0.25) is 5.95 Å². The van der Waals surface area contributed by atoms with E-state index in [0.29, 0.717) is 6.04 Å². The lowest BCUT2D eigenvalue weighted by Crippen LogP contribution is -2.29. The van der Waals surface area contributed by atoms with Gasteiger partial charge in [-0.15, -0.1) is 0 Å². The van der Waals surface area contributed by atoms with Gasteiger partial charge >= 0.3 is 0 Å². The van der Waals surface area contributed by atoms with E-state index in [1.165, 1.54) is 0 Å². The summed E-state index contributed by atoms with van der Waals surface area (Å²) in [4.78, 5) is 4.80. The number of nitrogens with one attached hydrogen (secondary N) is 1. The molecule has 4 rings (SSSR count). The molecule has 1 aliphatic rings. The van der Waals surface area contributed by atoms with E-state index in [1.54, 1.807) is 0 Å². The molecule has 4 nitrogen and oxygen atoms in total. The molecule has 0 bridgehead atoms. The van der Waals surface area contributed by atoms with Crippen LogP contribution in [0.1, 0.15) is 31.2 Å². The van der Waals surface area contributed by atoms with Gasteiger partial charge in [-0.3, -0.25) is 0 Å². The van der Waals surface area contributed by atoms with Crippen molar-refractivity contribution in [3.05, 3.63) is 59.1 Å². The smallest absolute Gasteiger partial charge is 0.204 e. The third kappa shape index (κ3) is 3.65. The molecule has 1 fully saturated rings. The number of benzene rings is 2. The van der Waals surface area contributed by atoms with Crippen molar-refractivity contribution in [1.82, 2.24) is 9.55 Å². The van der Waals surface area contributed by atoms with Crippen LogP contribution >= 0.6 is 11.6 Å². The number of halogens is 1. The summed E-state index contributed by atoms with van der Waals surface area (Å²) in [6.45, 7) is 0.721. The Labute approximate surface area is 152 Å². The molecule has 0 unspecified atom stereocenters. The van der Waals surface area contributed by atoms with E-state index in [9.17, 15) is 5.11 Å². The van der Waals surface area contributed by atoms with Crippen LogP contribution in [0.25, 0.3) is 11.0 Å². The van der Waals surface area contributed by atoms with Crippen LogP contribution in [0.15, 0.2) is 48.5 Å². The van der Waals surface area contributed by atoms with Gasteiger partial charge in [-0.2, -0.15) is 0 Å². The highest BCUT2D eigenvalue weighted by Gasteiger charge is 2.21. The zero-order valence-electron chi connectivity index (χ0n) is 14.0. The van der Waals surface area contributed by atoms with E-state index in [2.05, 4.69) is 22.0 Å². The minimum Gasteiger partial charge on any atom is -0.393 e. The molecule has 3 aromatic rings. The summed E-state index contributed by atoms with van der Waals surface area (Å²) in [7, 11) is 0. The fraction of sp³-hybridized carbons (Fsp3) is 0.350. The molecule has 0 atom stereocenters. The van der Waals surface area contributed by atoms with Gasteiger partial charge in [-0.05, 0) is 55.5 Å². The molecule has 0 spiro atoms. The van der Waals surface area contributed by atoms with Crippen LogP contribution in [-0.2, 0) is 6.54 Å². The SMILES string of the molecule is OC1CCC(Nc2nc3ccccc3n2Cc2cccc(Cl)c2)CC1. The Kier molecular flexibility index (Phi) is 4.64. The van der Waals surface area contributed by atoms with Crippen molar-refractivity contribution in [2.45, 2.75) is 44.4 Å². The largest absolute Gasteiger partial charge is 0.393 e. The third-order valence-electron chi connectivity index (χ3n) is 4.91. The average Bonchev–Trinajstić information content (AvgIpc) is 2.94. The van der Waals surface area contributed by atoms with Gasteiger partial charge in [0.25, 0.3) is 0 Å². The number of rotatable bonds is 4. The quantitative estimate of drug-likeness (QED) is 0.726. The van der Waals surface area contributed by atoms with Crippen LogP contribution in [-0.4, -0.2) is 26.8 Å². The predicted molar refractivity (Wildman–Crippen MR) is 102 cm³/mol. The molecule has 2 N–H and O–H groups in total. The van der Waals surface area contributed by atoms with Gasteiger partial charge in [0.1, 0.15) is 0 Å². The summed E-state index contributed by atoms with van der Waals surface area (Å²) in [5.41, 5.74) is 3.25. The van der Waals surface area contributed by atoms with E-state index >= 15 is 0 Å². The Morgan fingerprint density at radius 2 is 1.88 bits per heavy atom. The van der Waals surface area contributed by atoms with E-state index in [0.717, 1.165) is 59.8 Å². The van der Waals surface area contributed by atoms with Crippen molar-refractivity contribution in [3.8, 4) is 0 Å². The van der Waals surface area contributed by atoms with Gasteiger partial charge in [-0.25, -0.2) is 4.98 Å². The minimum absolute atomic E-state index is 0.150. The molecule has 1 saturated carbocycles. The Hall–Kier alpha value is -2.04.